The Morgan fingerprint density at radius 3 is 2.22 bits per heavy atom. The molecular formula is C13H31N3O2. The summed E-state index contributed by atoms with van der Waals surface area (Å²) in [6.07, 6.45) is 2.05. The van der Waals surface area contributed by atoms with Gasteiger partial charge in [-0.05, 0) is 33.6 Å². The van der Waals surface area contributed by atoms with Crippen molar-refractivity contribution in [3.05, 3.63) is 0 Å². The second-order valence-corrected chi connectivity index (χ2v) is 5.10. The third-order valence-electron chi connectivity index (χ3n) is 2.44. The molecule has 3 unspecified atom stereocenters. The third-order valence-corrected chi connectivity index (χ3v) is 2.44. The maximum Gasteiger partial charge on any atom is 0.0616 e. The lowest BCUT2D eigenvalue weighted by atomic mass is 10.2. The van der Waals surface area contributed by atoms with Gasteiger partial charge in [0, 0.05) is 31.3 Å². The quantitative estimate of drug-likeness (QED) is 0.445. The Balaban J connectivity index is 3.19. The summed E-state index contributed by atoms with van der Waals surface area (Å²) < 4.78 is 10.9. The van der Waals surface area contributed by atoms with E-state index in [2.05, 4.69) is 12.2 Å². The molecule has 18 heavy (non-hydrogen) atoms. The SMILES string of the molecule is CC(N)CCCOCC(C)NCCOCC(C)N. The fourth-order valence-electron chi connectivity index (χ4n) is 1.47. The first kappa shape index (κ1) is 17.8. The molecule has 3 atom stereocenters. The Kier molecular flexibility index (Phi) is 11.7. The van der Waals surface area contributed by atoms with Crippen LogP contribution in [0.1, 0.15) is 33.6 Å². The minimum absolute atomic E-state index is 0.107. The predicted octanol–water partition coefficient (Wildman–Crippen LogP) is 0.472. The van der Waals surface area contributed by atoms with Crippen molar-refractivity contribution in [1.82, 2.24) is 5.32 Å². The maximum atomic E-state index is 5.66. The Morgan fingerprint density at radius 1 is 0.944 bits per heavy atom. The normalized spacial score (nSPS) is 16.5. The molecule has 110 valence electrons. The smallest absolute Gasteiger partial charge is 0.0616 e. The van der Waals surface area contributed by atoms with Crippen LogP contribution in [0.5, 0.6) is 0 Å². The van der Waals surface area contributed by atoms with Gasteiger partial charge in [0.15, 0.2) is 0 Å². The first-order valence-electron chi connectivity index (χ1n) is 6.92. The molecule has 0 radical (unpaired) electrons. The fourth-order valence-corrected chi connectivity index (χ4v) is 1.47. The summed E-state index contributed by atoms with van der Waals surface area (Å²) in [5.41, 5.74) is 11.2. The standard InChI is InChI=1S/C13H31N3O2/c1-11(14)5-4-7-17-10-13(3)16-6-8-18-9-12(2)15/h11-13,16H,4-10,14-15H2,1-3H3. The molecule has 0 aromatic rings. The van der Waals surface area contributed by atoms with E-state index >= 15 is 0 Å². The molecule has 0 spiro atoms. The minimum Gasteiger partial charge on any atom is -0.380 e. The zero-order valence-corrected chi connectivity index (χ0v) is 12.2. The number of hydrogen-bond donors (Lipinski definition) is 3. The highest BCUT2D eigenvalue weighted by atomic mass is 16.5. The van der Waals surface area contributed by atoms with Crippen LogP contribution in [0.4, 0.5) is 0 Å². The second kappa shape index (κ2) is 11.9. The Morgan fingerprint density at radius 2 is 1.61 bits per heavy atom. The lowest BCUT2D eigenvalue weighted by molar-refractivity contribution is 0.0990. The summed E-state index contributed by atoms with van der Waals surface area (Å²) in [4.78, 5) is 0. The van der Waals surface area contributed by atoms with Crippen molar-refractivity contribution in [2.75, 3.05) is 33.0 Å². The van der Waals surface area contributed by atoms with E-state index in [1.807, 2.05) is 13.8 Å². The number of rotatable bonds is 12. The molecule has 0 saturated heterocycles. The molecule has 0 aliphatic carbocycles. The molecule has 0 aromatic heterocycles. The molecule has 5 nitrogen and oxygen atoms in total. The minimum atomic E-state index is 0.107. The van der Waals surface area contributed by atoms with Crippen LogP contribution >= 0.6 is 0 Å². The van der Waals surface area contributed by atoms with Crippen molar-refractivity contribution in [2.45, 2.75) is 51.7 Å². The molecule has 0 amide bonds. The van der Waals surface area contributed by atoms with Gasteiger partial charge in [0.1, 0.15) is 0 Å². The van der Waals surface area contributed by atoms with Gasteiger partial charge in [-0.15, -0.1) is 0 Å². The van der Waals surface area contributed by atoms with E-state index in [0.29, 0.717) is 19.3 Å². The highest BCUT2D eigenvalue weighted by Crippen LogP contribution is 1.94. The molecule has 0 aliphatic rings. The first-order valence-corrected chi connectivity index (χ1v) is 6.92. The van der Waals surface area contributed by atoms with Crippen molar-refractivity contribution >= 4 is 0 Å². The molecule has 0 aliphatic heterocycles. The Labute approximate surface area is 112 Å². The van der Waals surface area contributed by atoms with Crippen LogP contribution in [-0.4, -0.2) is 51.1 Å². The van der Waals surface area contributed by atoms with Crippen LogP contribution in [0.15, 0.2) is 0 Å². The fraction of sp³-hybridized carbons (Fsp3) is 1.00. The van der Waals surface area contributed by atoms with Gasteiger partial charge >= 0.3 is 0 Å². The second-order valence-electron chi connectivity index (χ2n) is 5.10. The molecule has 0 heterocycles. The van der Waals surface area contributed by atoms with E-state index in [1.54, 1.807) is 0 Å². The summed E-state index contributed by atoms with van der Waals surface area (Å²) in [5, 5.41) is 3.34. The van der Waals surface area contributed by atoms with Gasteiger partial charge in [-0.1, -0.05) is 0 Å². The van der Waals surface area contributed by atoms with Gasteiger partial charge in [0.25, 0.3) is 0 Å². The van der Waals surface area contributed by atoms with Crippen LogP contribution in [0.25, 0.3) is 0 Å². The van der Waals surface area contributed by atoms with E-state index in [4.69, 9.17) is 20.9 Å². The third kappa shape index (κ3) is 13.9. The van der Waals surface area contributed by atoms with E-state index in [0.717, 1.165) is 32.6 Å². The van der Waals surface area contributed by atoms with Crippen LogP contribution in [0, 0.1) is 0 Å². The molecule has 5 N–H and O–H groups in total. The Hall–Kier alpha value is -0.200. The topological polar surface area (TPSA) is 82.5 Å². The van der Waals surface area contributed by atoms with Gasteiger partial charge in [0.2, 0.25) is 0 Å². The summed E-state index contributed by atoms with van der Waals surface area (Å²) in [6.45, 7) is 9.72. The maximum absolute atomic E-state index is 5.66. The molecule has 0 fully saturated rings. The summed E-state index contributed by atoms with van der Waals surface area (Å²) in [5.74, 6) is 0. The van der Waals surface area contributed by atoms with Gasteiger partial charge in [-0.2, -0.15) is 0 Å². The molecule has 0 aromatic carbocycles. The first-order chi connectivity index (χ1) is 8.52. The molecule has 0 saturated carbocycles. The predicted molar refractivity (Wildman–Crippen MR) is 75.6 cm³/mol. The van der Waals surface area contributed by atoms with Crippen molar-refractivity contribution < 1.29 is 9.47 Å². The van der Waals surface area contributed by atoms with Crippen LogP contribution < -0.4 is 16.8 Å². The van der Waals surface area contributed by atoms with Crippen LogP contribution in [0.3, 0.4) is 0 Å². The number of hydrogen-bond acceptors (Lipinski definition) is 5. The van der Waals surface area contributed by atoms with Crippen LogP contribution in [0.2, 0.25) is 0 Å². The van der Waals surface area contributed by atoms with Crippen molar-refractivity contribution in [3.63, 3.8) is 0 Å². The van der Waals surface area contributed by atoms with Crippen molar-refractivity contribution in [1.29, 1.82) is 0 Å². The monoisotopic (exact) mass is 261 g/mol. The number of nitrogens with one attached hydrogen (secondary N) is 1. The molecule has 5 heteroatoms. The van der Waals surface area contributed by atoms with Crippen molar-refractivity contribution in [2.24, 2.45) is 11.5 Å². The van der Waals surface area contributed by atoms with Crippen molar-refractivity contribution in [3.8, 4) is 0 Å². The van der Waals surface area contributed by atoms with Crippen LogP contribution in [-0.2, 0) is 9.47 Å². The van der Waals surface area contributed by atoms with E-state index in [9.17, 15) is 0 Å². The lowest BCUT2D eigenvalue weighted by Gasteiger charge is -2.15. The van der Waals surface area contributed by atoms with Gasteiger partial charge < -0.3 is 26.3 Å². The molecular weight excluding hydrogens is 230 g/mol. The van der Waals surface area contributed by atoms with Gasteiger partial charge in [0.05, 0.1) is 19.8 Å². The lowest BCUT2D eigenvalue weighted by Crippen LogP contribution is -2.34. The molecule has 0 bridgehead atoms. The largest absolute Gasteiger partial charge is 0.380 e. The summed E-state index contributed by atoms with van der Waals surface area (Å²) in [6, 6.07) is 0.723. The Bertz CT molecular complexity index is 160. The van der Waals surface area contributed by atoms with Gasteiger partial charge in [-0.25, -0.2) is 0 Å². The highest BCUT2D eigenvalue weighted by molar-refractivity contribution is 4.59. The number of nitrogens with two attached hydrogens (primary N) is 2. The van der Waals surface area contributed by atoms with E-state index in [1.165, 1.54) is 0 Å². The molecule has 0 rings (SSSR count). The van der Waals surface area contributed by atoms with E-state index < -0.39 is 0 Å². The average molecular weight is 261 g/mol. The summed E-state index contributed by atoms with van der Waals surface area (Å²) in [7, 11) is 0. The van der Waals surface area contributed by atoms with Gasteiger partial charge in [-0.3, -0.25) is 0 Å². The number of ether oxygens (including phenoxy) is 2. The highest BCUT2D eigenvalue weighted by Gasteiger charge is 2.01. The zero-order chi connectivity index (χ0) is 13.8. The average Bonchev–Trinajstić information content (AvgIpc) is 2.27. The summed E-state index contributed by atoms with van der Waals surface area (Å²) >= 11 is 0. The van der Waals surface area contributed by atoms with E-state index in [-0.39, 0.29) is 12.1 Å². The zero-order valence-electron chi connectivity index (χ0n) is 12.2.